The Morgan fingerprint density at radius 2 is 1.86 bits per heavy atom. The molecule has 0 aliphatic heterocycles. The van der Waals surface area contributed by atoms with E-state index in [2.05, 4.69) is 0 Å². The molecule has 0 aromatic rings. The van der Waals surface area contributed by atoms with Crippen LogP contribution in [0.2, 0.25) is 0 Å². The topological polar surface area (TPSA) is 15.3 Å². The fourth-order valence-electron chi connectivity index (χ4n) is 1.90. The van der Waals surface area contributed by atoms with Gasteiger partial charge in [0.05, 0.1) is 0 Å². The maximum atomic E-state index is 11.8. The van der Waals surface area contributed by atoms with Crippen molar-refractivity contribution in [3.05, 3.63) is 0 Å². The molecule has 0 aromatic carbocycles. The molecule has 5 heteroatoms. The van der Waals surface area contributed by atoms with Crippen LogP contribution < -0.4 is 5.32 Å². The van der Waals surface area contributed by atoms with E-state index < -0.39 is 6.30 Å². The normalized spacial score (nSPS) is 19.5. The van der Waals surface area contributed by atoms with Gasteiger partial charge in [-0.25, -0.2) is 5.32 Å². The van der Waals surface area contributed by atoms with Crippen molar-refractivity contribution < 1.29 is 13.2 Å². The zero-order chi connectivity index (χ0) is 10.6. The Kier molecular flexibility index (Phi) is 4.19. The van der Waals surface area contributed by atoms with E-state index in [0.29, 0.717) is 12.6 Å². The highest BCUT2D eigenvalue weighted by Gasteiger charge is 2.26. The van der Waals surface area contributed by atoms with Crippen molar-refractivity contribution in [2.45, 2.75) is 38.0 Å². The maximum Gasteiger partial charge on any atom is 0.457 e. The third kappa shape index (κ3) is 4.28. The van der Waals surface area contributed by atoms with Gasteiger partial charge in [0, 0.05) is 19.1 Å². The van der Waals surface area contributed by atoms with Crippen LogP contribution in [0.1, 0.15) is 25.7 Å². The lowest BCUT2D eigenvalue weighted by molar-refractivity contribution is -0.157. The Hall–Kier alpha value is -0.290. The SMILES string of the molecule is CN(CCNC(F)(F)F)C1CCCC1. The van der Waals surface area contributed by atoms with E-state index in [1.807, 2.05) is 11.9 Å². The second-order valence-electron chi connectivity index (χ2n) is 3.84. The fourth-order valence-corrected chi connectivity index (χ4v) is 1.90. The van der Waals surface area contributed by atoms with Crippen LogP contribution in [0.5, 0.6) is 0 Å². The monoisotopic (exact) mass is 210 g/mol. The van der Waals surface area contributed by atoms with Gasteiger partial charge in [-0.2, -0.15) is 13.2 Å². The summed E-state index contributed by atoms with van der Waals surface area (Å²) in [6.07, 6.45) is 0.435. The molecule has 1 fully saturated rings. The number of nitrogens with one attached hydrogen (secondary N) is 1. The lowest BCUT2D eigenvalue weighted by Gasteiger charge is -2.24. The van der Waals surface area contributed by atoms with Crippen LogP contribution in [-0.2, 0) is 0 Å². The van der Waals surface area contributed by atoms with Crippen LogP contribution in [0.4, 0.5) is 13.2 Å². The molecule has 14 heavy (non-hydrogen) atoms. The summed E-state index contributed by atoms with van der Waals surface area (Å²) in [6, 6.07) is 0.491. The molecule has 1 rings (SSSR count). The van der Waals surface area contributed by atoms with Gasteiger partial charge in [-0.05, 0) is 19.9 Å². The Labute approximate surface area is 82.5 Å². The van der Waals surface area contributed by atoms with Gasteiger partial charge in [0.15, 0.2) is 0 Å². The second kappa shape index (κ2) is 4.98. The Morgan fingerprint density at radius 3 is 2.36 bits per heavy atom. The molecule has 0 spiro atoms. The van der Waals surface area contributed by atoms with E-state index >= 15 is 0 Å². The van der Waals surface area contributed by atoms with Crippen LogP contribution in [0, 0.1) is 0 Å². The Bertz CT molecular complexity index is 164. The molecule has 1 aliphatic carbocycles. The van der Waals surface area contributed by atoms with Gasteiger partial charge in [-0.3, -0.25) is 0 Å². The van der Waals surface area contributed by atoms with Gasteiger partial charge in [0.2, 0.25) is 0 Å². The number of hydrogen-bond acceptors (Lipinski definition) is 2. The van der Waals surface area contributed by atoms with Crippen molar-refractivity contribution in [3.8, 4) is 0 Å². The van der Waals surface area contributed by atoms with E-state index in [4.69, 9.17) is 0 Å². The van der Waals surface area contributed by atoms with Crippen molar-refractivity contribution in [1.29, 1.82) is 0 Å². The summed E-state index contributed by atoms with van der Waals surface area (Å²) in [5, 5.41) is 1.53. The van der Waals surface area contributed by atoms with Gasteiger partial charge < -0.3 is 4.90 Å². The number of hydrogen-bond donors (Lipinski definition) is 1. The number of alkyl halides is 3. The summed E-state index contributed by atoms with van der Waals surface area (Å²) in [7, 11) is 1.90. The summed E-state index contributed by atoms with van der Waals surface area (Å²) < 4.78 is 35.3. The molecule has 0 amide bonds. The summed E-state index contributed by atoms with van der Waals surface area (Å²) in [5.41, 5.74) is 0. The highest BCUT2D eigenvalue weighted by molar-refractivity contribution is 4.75. The maximum absolute atomic E-state index is 11.8. The van der Waals surface area contributed by atoms with Crippen LogP contribution in [-0.4, -0.2) is 37.4 Å². The summed E-state index contributed by atoms with van der Waals surface area (Å²) in [4.78, 5) is 2.02. The van der Waals surface area contributed by atoms with E-state index in [1.54, 1.807) is 0 Å². The first-order valence-corrected chi connectivity index (χ1v) is 5.01. The van der Waals surface area contributed by atoms with Crippen molar-refractivity contribution in [1.82, 2.24) is 10.2 Å². The predicted molar refractivity (Wildman–Crippen MR) is 48.9 cm³/mol. The van der Waals surface area contributed by atoms with E-state index in [9.17, 15) is 13.2 Å². The molecular formula is C9H17F3N2. The standard InChI is InChI=1S/C9H17F3N2/c1-14(8-4-2-3-5-8)7-6-13-9(10,11)12/h8,13H,2-7H2,1H3. The minimum atomic E-state index is -4.24. The Morgan fingerprint density at radius 1 is 1.29 bits per heavy atom. The predicted octanol–water partition coefficient (Wildman–Crippen LogP) is 1.97. The zero-order valence-corrected chi connectivity index (χ0v) is 8.40. The van der Waals surface area contributed by atoms with Crippen molar-refractivity contribution in [2.75, 3.05) is 20.1 Å². The zero-order valence-electron chi connectivity index (χ0n) is 8.40. The lowest BCUT2D eigenvalue weighted by Crippen LogP contribution is -2.40. The highest BCUT2D eigenvalue weighted by Crippen LogP contribution is 2.21. The van der Waals surface area contributed by atoms with Crippen molar-refractivity contribution in [3.63, 3.8) is 0 Å². The second-order valence-corrected chi connectivity index (χ2v) is 3.84. The molecule has 0 aromatic heterocycles. The number of rotatable bonds is 4. The molecule has 84 valence electrons. The smallest absolute Gasteiger partial charge is 0.302 e. The first kappa shape index (κ1) is 11.8. The van der Waals surface area contributed by atoms with E-state index in [0.717, 1.165) is 12.8 Å². The average Bonchev–Trinajstić information content (AvgIpc) is 2.53. The molecule has 0 heterocycles. The molecule has 0 bridgehead atoms. The van der Waals surface area contributed by atoms with E-state index in [-0.39, 0.29) is 6.54 Å². The summed E-state index contributed by atoms with van der Waals surface area (Å²) >= 11 is 0. The third-order valence-corrected chi connectivity index (χ3v) is 2.74. The minimum absolute atomic E-state index is 0.0174. The highest BCUT2D eigenvalue weighted by atomic mass is 19.4. The lowest BCUT2D eigenvalue weighted by atomic mass is 10.2. The average molecular weight is 210 g/mol. The number of likely N-dealkylation sites (N-methyl/N-ethyl adjacent to an activating group) is 1. The van der Waals surface area contributed by atoms with Gasteiger partial charge in [-0.15, -0.1) is 0 Å². The summed E-state index contributed by atoms with van der Waals surface area (Å²) in [5.74, 6) is 0. The van der Waals surface area contributed by atoms with Crippen LogP contribution in [0.15, 0.2) is 0 Å². The van der Waals surface area contributed by atoms with Crippen molar-refractivity contribution in [2.24, 2.45) is 0 Å². The molecule has 1 N–H and O–H groups in total. The van der Waals surface area contributed by atoms with Crippen LogP contribution in [0.25, 0.3) is 0 Å². The molecule has 0 radical (unpaired) electrons. The molecule has 1 saturated carbocycles. The summed E-state index contributed by atoms with van der Waals surface area (Å²) in [6.45, 7) is 0.445. The van der Waals surface area contributed by atoms with E-state index in [1.165, 1.54) is 18.2 Å². The fraction of sp³-hybridized carbons (Fsp3) is 1.00. The third-order valence-electron chi connectivity index (χ3n) is 2.74. The molecule has 1 aliphatic rings. The van der Waals surface area contributed by atoms with Gasteiger partial charge in [-0.1, -0.05) is 12.8 Å². The molecular weight excluding hydrogens is 193 g/mol. The molecule has 0 saturated heterocycles. The number of halogens is 3. The molecule has 0 unspecified atom stereocenters. The minimum Gasteiger partial charge on any atom is -0.302 e. The van der Waals surface area contributed by atoms with Crippen LogP contribution >= 0.6 is 0 Å². The Balaban J connectivity index is 2.11. The van der Waals surface area contributed by atoms with Gasteiger partial charge >= 0.3 is 6.30 Å². The van der Waals surface area contributed by atoms with Gasteiger partial charge in [0.25, 0.3) is 0 Å². The molecule has 0 atom stereocenters. The van der Waals surface area contributed by atoms with Crippen molar-refractivity contribution >= 4 is 0 Å². The largest absolute Gasteiger partial charge is 0.457 e. The number of nitrogens with zero attached hydrogens (tertiary/aromatic N) is 1. The molecule has 2 nitrogen and oxygen atoms in total. The first-order chi connectivity index (χ1) is 6.49. The van der Waals surface area contributed by atoms with Gasteiger partial charge in [0.1, 0.15) is 0 Å². The quantitative estimate of drug-likeness (QED) is 0.714. The first-order valence-electron chi connectivity index (χ1n) is 5.01. The van der Waals surface area contributed by atoms with Crippen LogP contribution in [0.3, 0.4) is 0 Å².